The highest BCUT2D eigenvalue weighted by molar-refractivity contribution is 5.87. The summed E-state index contributed by atoms with van der Waals surface area (Å²) >= 11 is 0. The van der Waals surface area contributed by atoms with Crippen LogP contribution in [-0.4, -0.2) is 12.6 Å². The highest BCUT2D eigenvalue weighted by Crippen LogP contribution is 2.05. The van der Waals surface area contributed by atoms with E-state index in [9.17, 15) is 4.79 Å². The molecule has 0 aliphatic carbocycles. The largest absolute Gasteiger partial charge is 0.449 e. The lowest BCUT2D eigenvalue weighted by molar-refractivity contribution is 0.251. The normalized spacial score (nSPS) is 10.2. The molecule has 0 saturated heterocycles. The van der Waals surface area contributed by atoms with Crippen molar-refractivity contribution >= 4 is 11.9 Å². The SMILES string of the molecule is CC(C)CCNC(=O)Nc1ccco1. The van der Waals surface area contributed by atoms with E-state index in [4.69, 9.17) is 4.42 Å². The third-order valence-corrected chi connectivity index (χ3v) is 1.77. The predicted octanol–water partition coefficient (Wildman–Crippen LogP) is 2.45. The first-order chi connectivity index (χ1) is 6.68. The molecule has 0 radical (unpaired) electrons. The first kappa shape index (κ1) is 10.6. The number of hydrogen-bond donors (Lipinski definition) is 2. The Morgan fingerprint density at radius 3 is 2.93 bits per heavy atom. The molecule has 1 heterocycles. The molecule has 1 aromatic rings. The van der Waals surface area contributed by atoms with Gasteiger partial charge in [-0.1, -0.05) is 13.8 Å². The van der Waals surface area contributed by atoms with Gasteiger partial charge in [-0.05, 0) is 18.4 Å². The summed E-state index contributed by atoms with van der Waals surface area (Å²) in [4.78, 5) is 11.2. The minimum absolute atomic E-state index is 0.222. The van der Waals surface area contributed by atoms with E-state index < -0.39 is 0 Å². The average Bonchev–Trinajstić information content (AvgIpc) is 2.56. The Bertz CT molecular complexity index is 268. The summed E-state index contributed by atoms with van der Waals surface area (Å²) in [6.45, 7) is 4.92. The molecule has 0 saturated carbocycles. The van der Waals surface area contributed by atoms with Crippen LogP contribution in [0.3, 0.4) is 0 Å². The van der Waals surface area contributed by atoms with Crippen LogP contribution in [0.5, 0.6) is 0 Å². The molecule has 1 rings (SSSR count). The second-order valence-electron chi connectivity index (χ2n) is 3.54. The number of hydrogen-bond acceptors (Lipinski definition) is 2. The van der Waals surface area contributed by atoms with E-state index in [0.29, 0.717) is 18.3 Å². The van der Waals surface area contributed by atoms with Gasteiger partial charge in [-0.2, -0.15) is 0 Å². The first-order valence-corrected chi connectivity index (χ1v) is 4.77. The minimum atomic E-state index is -0.222. The van der Waals surface area contributed by atoms with Gasteiger partial charge in [0.05, 0.1) is 6.26 Å². The fraction of sp³-hybridized carbons (Fsp3) is 0.500. The van der Waals surface area contributed by atoms with Crippen molar-refractivity contribution in [2.24, 2.45) is 5.92 Å². The highest BCUT2D eigenvalue weighted by atomic mass is 16.3. The number of furan rings is 1. The maximum absolute atomic E-state index is 11.2. The van der Waals surface area contributed by atoms with Crippen LogP contribution in [0.2, 0.25) is 0 Å². The van der Waals surface area contributed by atoms with Gasteiger partial charge in [0.15, 0.2) is 0 Å². The minimum Gasteiger partial charge on any atom is -0.449 e. The maximum Gasteiger partial charge on any atom is 0.321 e. The fourth-order valence-electron chi connectivity index (χ4n) is 0.980. The van der Waals surface area contributed by atoms with Crippen molar-refractivity contribution in [1.29, 1.82) is 0 Å². The van der Waals surface area contributed by atoms with Gasteiger partial charge in [0.25, 0.3) is 0 Å². The fourth-order valence-corrected chi connectivity index (χ4v) is 0.980. The van der Waals surface area contributed by atoms with E-state index in [1.807, 2.05) is 0 Å². The standard InChI is InChI=1S/C10H16N2O2/c1-8(2)5-6-11-10(13)12-9-4-3-7-14-9/h3-4,7-8H,5-6H2,1-2H3,(H2,11,12,13). The summed E-state index contributed by atoms with van der Waals surface area (Å²) in [6.07, 6.45) is 2.50. The van der Waals surface area contributed by atoms with Crippen molar-refractivity contribution in [3.63, 3.8) is 0 Å². The smallest absolute Gasteiger partial charge is 0.321 e. The van der Waals surface area contributed by atoms with Crippen molar-refractivity contribution in [2.75, 3.05) is 11.9 Å². The molecule has 0 atom stereocenters. The molecule has 0 aromatic carbocycles. The lowest BCUT2D eigenvalue weighted by Crippen LogP contribution is -2.29. The molecule has 0 spiro atoms. The Labute approximate surface area is 83.7 Å². The van der Waals surface area contributed by atoms with Crippen molar-refractivity contribution in [2.45, 2.75) is 20.3 Å². The summed E-state index contributed by atoms with van der Waals surface area (Å²) in [5.74, 6) is 1.06. The molecule has 0 fully saturated rings. The quantitative estimate of drug-likeness (QED) is 0.777. The second-order valence-corrected chi connectivity index (χ2v) is 3.54. The number of carbonyl (C=O) groups excluding carboxylic acids is 1. The predicted molar refractivity (Wildman–Crippen MR) is 55.2 cm³/mol. The zero-order valence-corrected chi connectivity index (χ0v) is 8.54. The van der Waals surface area contributed by atoms with Crippen LogP contribution in [0, 0.1) is 5.92 Å². The van der Waals surface area contributed by atoms with E-state index in [0.717, 1.165) is 6.42 Å². The Kier molecular flexibility index (Phi) is 4.04. The molecule has 2 amide bonds. The summed E-state index contributed by atoms with van der Waals surface area (Å²) in [5, 5.41) is 5.32. The zero-order valence-electron chi connectivity index (χ0n) is 8.54. The topological polar surface area (TPSA) is 54.3 Å². The van der Waals surface area contributed by atoms with Crippen molar-refractivity contribution in [1.82, 2.24) is 5.32 Å². The van der Waals surface area contributed by atoms with Gasteiger partial charge < -0.3 is 9.73 Å². The van der Waals surface area contributed by atoms with Gasteiger partial charge in [0.2, 0.25) is 5.88 Å². The number of urea groups is 1. The molecule has 0 aliphatic heterocycles. The van der Waals surface area contributed by atoms with Gasteiger partial charge in [-0.15, -0.1) is 0 Å². The van der Waals surface area contributed by atoms with Crippen LogP contribution in [0.4, 0.5) is 10.7 Å². The summed E-state index contributed by atoms with van der Waals surface area (Å²) < 4.78 is 4.96. The van der Waals surface area contributed by atoms with Crippen LogP contribution < -0.4 is 10.6 Å². The Morgan fingerprint density at radius 1 is 1.57 bits per heavy atom. The lowest BCUT2D eigenvalue weighted by Gasteiger charge is -2.06. The molecule has 0 unspecified atom stereocenters. The van der Waals surface area contributed by atoms with Crippen LogP contribution in [-0.2, 0) is 0 Å². The zero-order chi connectivity index (χ0) is 10.4. The number of anilines is 1. The summed E-state index contributed by atoms with van der Waals surface area (Å²) in [5.41, 5.74) is 0. The van der Waals surface area contributed by atoms with Crippen LogP contribution >= 0.6 is 0 Å². The van der Waals surface area contributed by atoms with E-state index in [1.54, 1.807) is 12.1 Å². The maximum atomic E-state index is 11.2. The van der Waals surface area contributed by atoms with E-state index >= 15 is 0 Å². The molecular weight excluding hydrogens is 180 g/mol. The van der Waals surface area contributed by atoms with Crippen molar-refractivity contribution in [3.05, 3.63) is 18.4 Å². The molecule has 4 nitrogen and oxygen atoms in total. The molecule has 78 valence electrons. The van der Waals surface area contributed by atoms with Gasteiger partial charge >= 0.3 is 6.03 Å². The first-order valence-electron chi connectivity index (χ1n) is 4.77. The molecular formula is C10H16N2O2. The molecule has 14 heavy (non-hydrogen) atoms. The molecule has 1 aromatic heterocycles. The Morgan fingerprint density at radius 2 is 2.36 bits per heavy atom. The molecule has 0 aliphatic rings. The van der Waals surface area contributed by atoms with Gasteiger partial charge in [0.1, 0.15) is 0 Å². The summed E-state index contributed by atoms with van der Waals surface area (Å²) in [6, 6.07) is 3.20. The third kappa shape index (κ3) is 3.98. The number of rotatable bonds is 4. The van der Waals surface area contributed by atoms with Gasteiger partial charge in [-0.3, -0.25) is 5.32 Å². The van der Waals surface area contributed by atoms with Crippen LogP contribution in [0.25, 0.3) is 0 Å². The molecule has 2 N–H and O–H groups in total. The van der Waals surface area contributed by atoms with Crippen molar-refractivity contribution < 1.29 is 9.21 Å². The number of nitrogens with one attached hydrogen (secondary N) is 2. The monoisotopic (exact) mass is 196 g/mol. The van der Waals surface area contributed by atoms with Gasteiger partial charge in [0, 0.05) is 12.6 Å². The number of amides is 2. The van der Waals surface area contributed by atoms with E-state index in [2.05, 4.69) is 24.5 Å². The third-order valence-electron chi connectivity index (χ3n) is 1.77. The second kappa shape index (κ2) is 5.32. The Balaban J connectivity index is 2.17. The highest BCUT2D eigenvalue weighted by Gasteiger charge is 2.02. The molecule has 4 heteroatoms. The van der Waals surface area contributed by atoms with E-state index in [1.165, 1.54) is 6.26 Å². The van der Waals surface area contributed by atoms with Crippen LogP contribution in [0.1, 0.15) is 20.3 Å². The summed E-state index contributed by atoms with van der Waals surface area (Å²) in [7, 11) is 0. The van der Waals surface area contributed by atoms with Crippen LogP contribution in [0.15, 0.2) is 22.8 Å². The lowest BCUT2D eigenvalue weighted by atomic mass is 10.1. The number of carbonyl (C=O) groups is 1. The van der Waals surface area contributed by atoms with Gasteiger partial charge in [-0.25, -0.2) is 4.79 Å². The average molecular weight is 196 g/mol. The molecule has 0 bridgehead atoms. The van der Waals surface area contributed by atoms with E-state index in [-0.39, 0.29) is 6.03 Å². The van der Waals surface area contributed by atoms with Crippen molar-refractivity contribution in [3.8, 4) is 0 Å². The Hall–Kier alpha value is -1.45.